The molecule has 1 atom stereocenters. The molecule has 0 spiro atoms. The van der Waals surface area contributed by atoms with Crippen molar-refractivity contribution in [3.63, 3.8) is 0 Å². The molecular weight excluding hydrogens is 342 g/mol. The first-order chi connectivity index (χ1) is 12.4. The SMILES string of the molecule is COc1ccc(C(=O)N2CCN(c3ccc(F)cc3F)C(=O)[C@@H]2C)cc1. The first-order valence-corrected chi connectivity index (χ1v) is 8.14. The number of carbonyl (C=O) groups is 2. The average molecular weight is 360 g/mol. The summed E-state index contributed by atoms with van der Waals surface area (Å²) in [6.07, 6.45) is 0. The van der Waals surface area contributed by atoms with E-state index >= 15 is 0 Å². The van der Waals surface area contributed by atoms with Crippen LogP contribution in [0.15, 0.2) is 42.5 Å². The monoisotopic (exact) mass is 360 g/mol. The topological polar surface area (TPSA) is 49.9 Å². The second-order valence-corrected chi connectivity index (χ2v) is 5.99. The summed E-state index contributed by atoms with van der Waals surface area (Å²) in [5, 5.41) is 0. The van der Waals surface area contributed by atoms with E-state index in [0.29, 0.717) is 11.3 Å². The van der Waals surface area contributed by atoms with Gasteiger partial charge in [0.25, 0.3) is 5.91 Å². The third kappa shape index (κ3) is 3.24. The number of anilines is 1. The van der Waals surface area contributed by atoms with Gasteiger partial charge in [-0.3, -0.25) is 9.59 Å². The van der Waals surface area contributed by atoms with Crippen molar-refractivity contribution in [1.29, 1.82) is 0 Å². The Morgan fingerprint density at radius 2 is 1.81 bits per heavy atom. The third-order valence-corrected chi connectivity index (χ3v) is 4.45. The van der Waals surface area contributed by atoms with Gasteiger partial charge in [-0.05, 0) is 43.3 Å². The second kappa shape index (κ2) is 7.11. The first-order valence-electron chi connectivity index (χ1n) is 8.14. The minimum atomic E-state index is -0.805. The van der Waals surface area contributed by atoms with E-state index < -0.39 is 23.6 Å². The zero-order valence-electron chi connectivity index (χ0n) is 14.4. The van der Waals surface area contributed by atoms with Gasteiger partial charge in [-0.1, -0.05) is 0 Å². The molecule has 0 N–H and O–H groups in total. The Labute approximate surface area is 149 Å². The molecule has 0 aromatic heterocycles. The quantitative estimate of drug-likeness (QED) is 0.846. The van der Waals surface area contributed by atoms with Crippen LogP contribution in [0.25, 0.3) is 0 Å². The molecule has 0 unspecified atom stereocenters. The Balaban J connectivity index is 1.79. The Morgan fingerprint density at radius 3 is 2.42 bits per heavy atom. The van der Waals surface area contributed by atoms with Crippen molar-refractivity contribution in [2.45, 2.75) is 13.0 Å². The van der Waals surface area contributed by atoms with Gasteiger partial charge in [0.05, 0.1) is 12.8 Å². The van der Waals surface area contributed by atoms with Gasteiger partial charge in [0.2, 0.25) is 5.91 Å². The molecule has 1 heterocycles. The smallest absolute Gasteiger partial charge is 0.254 e. The molecule has 7 heteroatoms. The fraction of sp³-hybridized carbons (Fsp3) is 0.263. The highest BCUT2D eigenvalue weighted by molar-refractivity contribution is 6.03. The van der Waals surface area contributed by atoms with Gasteiger partial charge in [-0.25, -0.2) is 8.78 Å². The second-order valence-electron chi connectivity index (χ2n) is 5.99. The summed E-state index contributed by atoms with van der Waals surface area (Å²) in [5.41, 5.74) is 0.451. The number of hydrogen-bond donors (Lipinski definition) is 0. The Morgan fingerprint density at radius 1 is 1.12 bits per heavy atom. The number of hydrogen-bond acceptors (Lipinski definition) is 3. The summed E-state index contributed by atoms with van der Waals surface area (Å²) in [6.45, 7) is 1.97. The van der Waals surface area contributed by atoms with E-state index in [0.717, 1.165) is 12.1 Å². The summed E-state index contributed by atoms with van der Waals surface area (Å²) in [5.74, 6) is -1.58. The number of amides is 2. The van der Waals surface area contributed by atoms with E-state index in [2.05, 4.69) is 0 Å². The van der Waals surface area contributed by atoms with Crippen LogP contribution in [0.1, 0.15) is 17.3 Å². The average Bonchev–Trinajstić information content (AvgIpc) is 2.64. The number of carbonyl (C=O) groups excluding carboxylic acids is 2. The van der Waals surface area contributed by atoms with Crippen LogP contribution in [0, 0.1) is 11.6 Å². The maximum Gasteiger partial charge on any atom is 0.254 e. The number of piperazine rings is 1. The third-order valence-electron chi connectivity index (χ3n) is 4.45. The molecular formula is C19H18F2N2O3. The van der Waals surface area contributed by atoms with Gasteiger partial charge in [-0.2, -0.15) is 0 Å². The number of methoxy groups -OCH3 is 1. The number of rotatable bonds is 3. The molecule has 1 aliphatic rings. The fourth-order valence-corrected chi connectivity index (χ4v) is 2.99. The zero-order chi connectivity index (χ0) is 18.8. The minimum Gasteiger partial charge on any atom is -0.497 e. The van der Waals surface area contributed by atoms with Gasteiger partial charge in [0.15, 0.2) is 0 Å². The van der Waals surface area contributed by atoms with Crippen molar-refractivity contribution < 1.29 is 23.1 Å². The molecule has 2 amide bonds. The highest BCUT2D eigenvalue weighted by Crippen LogP contribution is 2.25. The summed E-state index contributed by atoms with van der Waals surface area (Å²) >= 11 is 0. The van der Waals surface area contributed by atoms with Crippen LogP contribution in [-0.4, -0.2) is 43.0 Å². The molecule has 1 saturated heterocycles. The highest BCUT2D eigenvalue weighted by atomic mass is 19.1. The van der Waals surface area contributed by atoms with E-state index in [1.165, 1.54) is 23.0 Å². The summed E-state index contributed by atoms with van der Waals surface area (Å²) in [6, 6.07) is 8.91. The maximum atomic E-state index is 14.0. The largest absolute Gasteiger partial charge is 0.497 e. The molecule has 0 aliphatic carbocycles. The predicted octanol–water partition coefficient (Wildman–Crippen LogP) is 2.85. The first kappa shape index (κ1) is 17.8. The molecule has 1 fully saturated rings. The van der Waals surface area contributed by atoms with E-state index in [1.807, 2.05) is 0 Å². The van der Waals surface area contributed by atoms with E-state index in [9.17, 15) is 18.4 Å². The molecule has 0 saturated carbocycles. The minimum absolute atomic E-state index is 0.0137. The van der Waals surface area contributed by atoms with Crippen molar-refractivity contribution in [1.82, 2.24) is 4.90 Å². The number of benzene rings is 2. The fourth-order valence-electron chi connectivity index (χ4n) is 2.99. The summed E-state index contributed by atoms with van der Waals surface area (Å²) in [4.78, 5) is 28.1. The van der Waals surface area contributed by atoms with Crippen molar-refractivity contribution in [2.24, 2.45) is 0 Å². The molecule has 2 aromatic carbocycles. The van der Waals surface area contributed by atoms with Crippen LogP contribution in [-0.2, 0) is 4.79 Å². The van der Waals surface area contributed by atoms with Crippen molar-refractivity contribution in [3.05, 3.63) is 59.7 Å². The molecule has 136 valence electrons. The zero-order valence-corrected chi connectivity index (χ0v) is 14.4. The lowest BCUT2D eigenvalue weighted by Gasteiger charge is -2.39. The van der Waals surface area contributed by atoms with Crippen LogP contribution in [0.3, 0.4) is 0 Å². The summed E-state index contributed by atoms with van der Waals surface area (Å²) in [7, 11) is 1.53. The molecule has 3 rings (SSSR count). The van der Waals surface area contributed by atoms with Crippen molar-refractivity contribution in [2.75, 3.05) is 25.1 Å². The molecule has 0 radical (unpaired) electrons. The van der Waals surface area contributed by atoms with Gasteiger partial charge in [0, 0.05) is 24.7 Å². The van der Waals surface area contributed by atoms with E-state index in [-0.39, 0.29) is 24.7 Å². The Kier molecular flexibility index (Phi) is 4.88. The van der Waals surface area contributed by atoms with Crippen molar-refractivity contribution >= 4 is 17.5 Å². The van der Waals surface area contributed by atoms with Crippen LogP contribution in [0.4, 0.5) is 14.5 Å². The molecule has 2 aromatic rings. The van der Waals surface area contributed by atoms with Gasteiger partial charge < -0.3 is 14.5 Å². The highest BCUT2D eigenvalue weighted by Gasteiger charge is 2.36. The number of halogens is 2. The lowest BCUT2D eigenvalue weighted by atomic mass is 10.1. The predicted molar refractivity (Wildman–Crippen MR) is 92.2 cm³/mol. The van der Waals surface area contributed by atoms with Crippen molar-refractivity contribution in [3.8, 4) is 5.75 Å². The van der Waals surface area contributed by atoms with Gasteiger partial charge in [0.1, 0.15) is 23.4 Å². The Bertz CT molecular complexity index is 839. The number of ether oxygens (including phenoxy) is 1. The van der Waals surface area contributed by atoms with E-state index in [1.54, 1.807) is 31.2 Å². The van der Waals surface area contributed by atoms with E-state index in [4.69, 9.17) is 4.74 Å². The van der Waals surface area contributed by atoms with Gasteiger partial charge >= 0.3 is 0 Å². The normalized spacial score (nSPS) is 17.4. The van der Waals surface area contributed by atoms with Crippen LogP contribution in [0.5, 0.6) is 5.75 Å². The molecule has 1 aliphatic heterocycles. The van der Waals surface area contributed by atoms with Crippen LogP contribution >= 0.6 is 0 Å². The van der Waals surface area contributed by atoms with Gasteiger partial charge in [-0.15, -0.1) is 0 Å². The molecule has 26 heavy (non-hydrogen) atoms. The maximum absolute atomic E-state index is 14.0. The molecule has 0 bridgehead atoms. The standard InChI is InChI=1S/C19H18F2N2O3/c1-12-18(24)23(17-8-5-14(20)11-16(17)21)10-9-22(12)19(25)13-3-6-15(26-2)7-4-13/h3-8,11-12H,9-10H2,1-2H3/t12-/m0/s1. The van der Waals surface area contributed by atoms with Crippen LogP contribution in [0.2, 0.25) is 0 Å². The number of nitrogens with zero attached hydrogens (tertiary/aromatic N) is 2. The lowest BCUT2D eigenvalue weighted by Crippen LogP contribution is -2.58. The summed E-state index contributed by atoms with van der Waals surface area (Å²) < 4.78 is 32.2. The lowest BCUT2D eigenvalue weighted by molar-refractivity contribution is -0.124. The van der Waals surface area contributed by atoms with Crippen LogP contribution < -0.4 is 9.64 Å². The Hall–Kier alpha value is -2.96. The molecule has 5 nitrogen and oxygen atoms in total.